The number of fused-ring (bicyclic) bond motifs is 2. The van der Waals surface area contributed by atoms with E-state index in [2.05, 4.69) is 5.32 Å². The number of hydrogen-bond donors (Lipinski definition) is 4. The number of phenols is 2. The SMILES string of the molecule is COc1ccc(C(=O)Nc2ccc(O)c3c2C(=O)c2c(O)ccc(N)c2C3=O)cc1. The molecule has 1 amide bonds. The van der Waals surface area contributed by atoms with Crippen LogP contribution in [0.4, 0.5) is 11.4 Å². The number of ether oxygens (including phenoxy) is 1. The lowest BCUT2D eigenvalue weighted by atomic mass is 9.81. The smallest absolute Gasteiger partial charge is 0.255 e. The standard InChI is InChI=1S/C22H16N2O6/c1-30-11-4-2-10(3-5-11)22(29)24-13-7-9-15(26)19-17(13)21(28)18-14(25)8-6-12(23)16(18)20(19)27/h2-9,25-26H,23H2,1H3,(H,24,29). The number of benzene rings is 3. The van der Waals surface area contributed by atoms with Crippen LogP contribution in [-0.4, -0.2) is 34.8 Å². The quantitative estimate of drug-likeness (QED) is 0.304. The van der Waals surface area contributed by atoms with Gasteiger partial charge in [-0.25, -0.2) is 0 Å². The number of nitrogens with two attached hydrogens (primary N) is 1. The highest BCUT2D eigenvalue weighted by Crippen LogP contribution is 2.41. The molecular formula is C22H16N2O6. The van der Waals surface area contributed by atoms with Crippen LogP contribution in [0.15, 0.2) is 48.5 Å². The second-order valence-corrected chi connectivity index (χ2v) is 6.65. The second-order valence-electron chi connectivity index (χ2n) is 6.65. The van der Waals surface area contributed by atoms with Gasteiger partial charge in [0.15, 0.2) is 0 Å². The Bertz CT molecular complexity index is 1230. The van der Waals surface area contributed by atoms with Crippen molar-refractivity contribution in [1.29, 1.82) is 0 Å². The maximum Gasteiger partial charge on any atom is 0.255 e. The normalized spacial score (nSPS) is 12.2. The molecular weight excluding hydrogens is 388 g/mol. The molecule has 0 fully saturated rings. The van der Waals surface area contributed by atoms with E-state index >= 15 is 0 Å². The fourth-order valence-electron chi connectivity index (χ4n) is 3.43. The molecule has 3 aromatic rings. The van der Waals surface area contributed by atoms with Crippen LogP contribution < -0.4 is 15.8 Å². The zero-order valence-corrected chi connectivity index (χ0v) is 15.7. The predicted octanol–water partition coefficient (Wildman–Crippen LogP) is 2.72. The van der Waals surface area contributed by atoms with E-state index in [0.717, 1.165) is 0 Å². The molecule has 0 heterocycles. The monoisotopic (exact) mass is 404 g/mol. The first-order chi connectivity index (χ1) is 14.3. The Morgan fingerprint density at radius 1 is 0.833 bits per heavy atom. The van der Waals surface area contributed by atoms with Gasteiger partial charge in [-0.2, -0.15) is 0 Å². The Labute approximate surface area is 170 Å². The number of nitrogens with one attached hydrogen (secondary N) is 1. The molecule has 3 aromatic carbocycles. The van der Waals surface area contributed by atoms with Crippen LogP contribution in [0.3, 0.4) is 0 Å². The van der Waals surface area contributed by atoms with Crippen LogP contribution in [0.1, 0.15) is 42.2 Å². The van der Waals surface area contributed by atoms with Crippen molar-refractivity contribution in [3.8, 4) is 17.2 Å². The van der Waals surface area contributed by atoms with Crippen molar-refractivity contribution < 1.29 is 29.3 Å². The Kier molecular flexibility index (Phi) is 4.39. The van der Waals surface area contributed by atoms with Gasteiger partial charge in [-0.1, -0.05) is 0 Å². The third-order valence-electron chi connectivity index (χ3n) is 4.91. The average Bonchev–Trinajstić information content (AvgIpc) is 2.74. The highest BCUT2D eigenvalue weighted by atomic mass is 16.5. The van der Waals surface area contributed by atoms with Crippen molar-refractivity contribution in [3.05, 3.63) is 76.3 Å². The number of nitrogen functional groups attached to an aromatic ring is 1. The summed E-state index contributed by atoms with van der Waals surface area (Å²) in [5.74, 6) is -2.26. The number of carbonyl (C=O) groups excluding carboxylic acids is 3. The molecule has 0 saturated heterocycles. The summed E-state index contributed by atoms with van der Waals surface area (Å²) in [5.41, 5.74) is 5.22. The minimum Gasteiger partial charge on any atom is -0.507 e. The molecule has 8 nitrogen and oxygen atoms in total. The number of phenolic OH excluding ortho intramolecular Hbond substituents is 2. The highest BCUT2D eigenvalue weighted by molar-refractivity contribution is 6.33. The lowest BCUT2D eigenvalue weighted by molar-refractivity contribution is 0.0974. The van der Waals surface area contributed by atoms with Crippen molar-refractivity contribution in [2.75, 3.05) is 18.2 Å². The van der Waals surface area contributed by atoms with Crippen molar-refractivity contribution in [2.45, 2.75) is 0 Å². The number of rotatable bonds is 3. The molecule has 30 heavy (non-hydrogen) atoms. The molecule has 0 spiro atoms. The van der Waals surface area contributed by atoms with Crippen molar-refractivity contribution in [1.82, 2.24) is 0 Å². The minimum absolute atomic E-state index is 0.00104. The van der Waals surface area contributed by atoms with Crippen LogP contribution in [0.5, 0.6) is 17.2 Å². The van der Waals surface area contributed by atoms with Crippen LogP contribution in [0, 0.1) is 0 Å². The minimum atomic E-state index is -0.731. The maximum absolute atomic E-state index is 13.2. The lowest BCUT2D eigenvalue weighted by Crippen LogP contribution is -2.25. The summed E-state index contributed by atoms with van der Waals surface area (Å²) < 4.78 is 5.06. The third-order valence-corrected chi connectivity index (χ3v) is 4.91. The Balaban J connectivity index is 1.82. The number of methoxy groups -OCH3 is 1. The first kappa shape index (κ1) is 19.0. The van der Waals surface area contributed by atoms with Crippen molar-refractivity contribution >= 4 is 28.8 Å². The fourth-order valence-corrected chi connectivity index (χ4v) is 3.43. The Morgan fingerprint density at radius 2 is 1.40 bits per heavy atom. The van der Waals surface area contributed by atoms with E-state index in [1.807, 2.05) is 0 Å². The summed E-state index contributed by atoms with van der Waals surface area (Å²) >= 11 is 0. The molecule has 1 aliphatic rings. The zero-order chi connectivity index (χ0) is 21.6. The Morgan fingerprint density at radius 3 is 2.03 bits per heavy atom. The number of hydrogen-bond acceptors (Lipinski definition) is 7. The van der Waals surface area contributed by atoms with Gasteiger partial charge >= 0.3 is 0 Å². The van der Waals surface area contributed by atoms with E-state index < -0.39 is 29.0 Å². The zero-order valence-electron chi connectivity index (χ0n) is 15.7. The van der Waals surface area contributed by atoms with Gasteiger partial charge < -0.3 is 26.0 Å². The number of anilines is 2. The van der Waals surface area contributed by atoms with Gasteiger partial charge in [-0.3, -0.25) is 14.4 Å². The molecule has 5 N–H and O–H groups in total. The van der Waals surface area contributed by atoms with E-state index in [-0.39, 0.29) is 33.6 Å². The highest BCUT2D eigenvalue weighted by Gasteiger charge is 2.37. The van der Waals surface area contributed by atoms with E-state index in [9.17, 15) is 24.6 Å². The Hall–Kier alpha value is -4.33. The average molecular weight is 404 g/mol. The molecule has 0 saturated carbocycles. The van der Waals surface area contributed by atoms with Gasteiger partial charge in [0.05, 0.1) is 35.1 Å². The molecule has 0 aliphatic heterocycles. The van der Waals surface area contributed by atoms with E-state index in [0.29, 0.717) is 11.3 Å². The van der Waals surface area contributed by atoms with Gasteiger partial charge in [0, 0.05) is 11.3 Å². The third kappa shape index (κ3) is 2.82. The number of carbonyl (C=O) groups is 3. The molecule has 0 bridgehead atoms. The second kappa shape index (κ2) is 6.93. The van der Waals surface area contributed by atoms with Gasteiger partial charge in [0.2, 0.25) is 11.6 Å². The molecule has 1 aliphatic carbocycles. The van der Waals surface area contributed by atoms with Gasteiger partial charge in [0.25, 0.3) is 5.91 Å². The van der Waals surface area contributed by atoms with E-state index in [1.54, 1.807) is 12.1 Å². The number of aromatic hydroxyl groups is 2. The van der Waals surface area contributed by atoms with E-state index in [4.69, 9.17) is 10.5 Å². The molecule has 0 unspecified atom stereocenters. The lowest BCUT2D eigenvalue weighted by Gasteiger charge is -2.23. The van der Waals surface area contributed by atoms with Crippen molar-refractivity contribution in [3.63, 3.8) is 0 Å². The summed E-state index contributed by atoms with van der Waals surface area (Å²) in [7, 11) is 1.50. The molecule has 0 atom stereocenters. The molecule has 0 aromatic heterocycles. The molecule has 0 radical (unpaired) electrons. The summed E-state index contributed by atoms with van der Waals surface area (Å²) in [5, 5.41) is 23.0. The van der Waals surface area contributed by atoms with Crippen LogP contribution in [0.2, 0.25) is 0 Å². The predicted molar refractivity (Wildman–Crippen MR) is 108 cm³/mol. The summed E-state index contributed by atoms with van der Waals surface area (Å²) in [4.78, 5) is 38.8. The molecule has 4 rings (SSSR count). The van der Waals surface area contributed by atoms with Gasteiger partial charge in [-0.05, 0) is 48.5 Å². The largest absolute Gasteiger partial charge is 0.507 e. The van der Waals surface area contributed by atoms with Crippen molar-refractivity contribution in [2.24, 2.45) is 0 Å². The van der Waals surface area contributed by atoms with E-state index in [1.165, 1.54) is 43.5 Å². The molecule has 8 heteroatoms. The summed E-state index contributed by atoms with van der Waals surface area (Å²) in [6.45, 7) is 0. The van der Waals surface area contributed by atoms with Crippen LogP contribution in [0.25, 0.3) is 0 Å². The number of ketones is 2. The summed E-state index contributed by atoms with van der Waals surface area (Å²) in [6, 6.07) is 11.3. The van der Waals surface area contributed by atoms with Gasteiger partial charge in [0.1, 0.15) is 17.2 Å². The first-order valence-corrected chi connectivity index (χ1v) is 8.85. The van der Waals surface area contributed by atoms with Gasteiger partial charge in [-0.15, -0.1) is 0 Å². The summed E-state index contributed by atoms with van der Waals surface area (Å²) in [6.07, 6.45) is 0. The first-order valence-electron chi connectivity index (χ1n) is 8.85. The topological polar surface area (TPSA) is 139 Å². The van der Waals surface area contributed by atoms with Crippen LogP contribution in [-0.2, 0) is 0 Å². The fraction of sp³-hybridized carbons (Fsp3) is 0.0455. The molecule has 150 valence electrons. The maximum atomic E-state index is 13.2. The number of amides is 1. The van der Waals surface area contributed by atoms with Crippen LogP contribution >= 0.6 is 0 Å².